The predicted molar refractivity (Wildman–Crippen MR) is 64.1 cm³/mol. The normalized spacial score (nSPS) is 10.2. The highest BCUT2D eigenvalue weighted by Gasteiger charge is 2.19. The fourth-order valence-electron chi connectivity index (χ4n) is 1.59. The first-order chi connectivity index (χ1) is 9.43. The summed E-state index contributed by atoms with van der Waals surface area (Å²) in [6.07, 6.45) is 0. The highest BCUT2D eigenvalue weighted by molar-refractivity contribution is 5.94. The van der Waals surface area contributed by atoms with Gasteiger partial charge in [-0.05, 0) is 12.1 Å². The summed E-state index contributed by atoms with van der Waals surface area (Å²) in [6.45, 7) is 0. The summed E-state index contributed by atoms with van der Waals surface area (Å²) in [5.74, 6) is -3.63. The fourth-order valence-corrected chi connectivity index (χ4v) is 1.59. The molecule has 1 aromatic heterocycles. The number of ether oxygens (including phenoxy) is 1. The molecule has 1 heterocycles. The van der Waals surface area contributed by atoms with E-state index >= 15 is 0 Å². The van der Waals surface area contributed by atoms with Crippen molar-refractivity contribution in [1.29, 1.82) is 0 Å². The summed E-state index contributed by atoms with van der Waals surface area (Å²) in [5.41, 5.74) is -0.0317. The number of methoxy groups -OCH3 is 1. The number of aromatic carboxylic acids is 2. The van der Waals surface area contributed by atoms with E-state index in [1.54, 1.807) is 0 Å². The molecular weight excluding hydrogens is 270 g/mol. The Morgan fingerprint density at radius 3 is 2.40 bits per heavy atom. The summed E-state index contributed by atoms with van der Waals surface area (Å²) in [7, 11) is 1.26. The van der Waals surface area contributed by atoms with Crippen LogP contribution in [0.25, 0.3) is 11.3 Å². The summed E-state index contributed by atoms with van der Waals surface area (Å²) in [4.78, 5) is 21.7. The first kappa shape index (κ1) is 13.4. The van der Waals surface area contributed by atoms with E-state index < -0.39 is 17.7 Å². The number of rotatable bonds is 4. The maximum absolute atomic E-state index is 11.0. The smallest absolute Gasteiger partial charge is 0.374 e. The van der Waals surface area contributed by atoms with Crippen LogP contribution < -0.4 is 4.74 Å². The Hall–Kier alpha value is -3.03. The van der Waals surface area contributed by atoms with Crippen molar-refractivity contribution in [3.8, 4) is 22.8 Å². The fraction of sp³-hybridized carbons (Fsp3) is 0.0833. The molecule has 0 radical (unpaired) electrons. The molecule has 2 aromatic rings. The highest BCUT2D eigenvalue weighted by Crippen LogP contribution is 2.35. The Morgan fingerprint density at radius 2 is 1.90 bits per heavy atom. The molecule has 1 aromatic carbocycles. The number of hydrogen-bond donors (Lipinski definition) is 3. The van der Waals surface area contributed by atoms with Crippen molar-refractivity contribution in [2.75, 3.05) is 7.11 Å². The molecular formula is C12H9NO7. The highest BCUT2D eigenvalue weighted by atomic mass is 16.5. The molecule has 2 rings (SSSR count). The third-order valence-electron chi connectivity index (χ3n) is 2.54. The molecule has 0 amide bonds. The van der Waals surface area contributed by atoms with E-state index in [1.165, 1.54) is 13.2 Å². The summed E-state index contributed by atoms with van der Waals surface area (Å²) < 4.78 is 9.45. The number of phenols is 1. The zero-order chi connectivity index (χ0) is 14.9. The molecule has 0 bridgehead atoms. The Balaban J connectivity index is 2.58. The van der Waals surface area contributed by atoms with Gasteiger partial charge in [0.1, 0.15) is 11.3 Å². The minimum absolute atomic E-state index is 0.0697. The van der Waals surface area contributed by atoms with Crippen LogP contribution in [-0.2, 0) is 0 Å². The average molecular weight is 279 g/mol. The minimum atomic E-state index is -1.36. The van der Waals surface area contributed by atoms with Crippen molar-refractivity contribution in [3.05, 3.63) is 29.5 Å². The first-order valence-electron chi connectivity index (χ1n) is 5.28. The van der Waals surface area contributed by atoms with Gasteiger partial charge in [-0.1, -0.05) is 5.16 Å². The largest absolute Gasteiger partial charge is 0.504 e. The van der Waals surface area contributed by atoms with Gasteiger partial charge in [0.05, 0.1) is 7.11 Å². The topological polar surface area (TPSA) is 130 Å². The van der Waals surface area contributed by atoms with Gasteiger partial charge < -0.3 is 24.6 Å². The Kier molecular flexibility index (Phi) is 3.30. The molecule has 0 saturated carbocycles. The number of benzene rings is 1. The van der Waals surface area contributed by atoms with E-state index in [2.05, 4.69) is 9.68 Å². The molecule has 0 atom stereocenters. The summed E-state index contributed by atoms with van der Waals surface area (Å²) in [5, 5.41) is 30.9. The van der Waals surface area contributed by atoms with Gasteiger partial charge >= 0.3 is 11.9 Å². The SMILES string of the molecule is COc1cc(-c2cc(C(=O)O)on2)cc(C(=O)O)c1O. The Morgan fingerprint density at radius 1 is 1.20 bits per heavy atom. The number of carboxylic acids is 2. The number of hydrogen-bond acceptors (Lipinski definition) is 6. The lowest BCUT2D eigenvalue weighted by Crippen LogP contribution is -1.99. The third kappa shape index (κ3) is 2.26. The zero-order valence-corrected chi connectivity index (χ0v) is 10.2. The summed E-state index contributed by atoms with van der Waals surface area (Å²) in [6, 6.07) is 3.61. The van der Waals surface area contributed by atoms with Crippen molar-refractivity contribution in [2.24, 2.45) is 0 Å². The second-order valence-electron chi connectivity index (χ2n) is 3.76. The predicted octanol–water partition coefficient (Wildman–Crippen LogP) is 1.45. The molecule has 104 valence electrons. The average Bonchev–Trinajstić information content (AvgIpc) is 2.88. The molecule has 8 nitrogen and oxygen atoms in total. The zero-order valence-electron chi connectivity index (χ0n) is 10.2. The van der Waals surface area contributed by atoms with E-state index in [1.807, 2.05) is 0 Å². The Bertz CT molecular complexity index is 689. The lowest BCUT2D eigenvalue weighted by atomic mass is 10.1. The van der Waals surface area contributed by atoms with E-state index in [0.717, 1.165) is 12.1 Å². The van der Waals surface area contributed by atoms with Crippen LogP contribution >= 0.6 is 0 Å². The molecule has 0 aliphatic heterocycles. The molecule has 0 fully saturated rings. The standard InChI is InChI=1S/C12H9NO7/c1-19-8-3-5(2-6(10(8)14)11(15)16)7-4-9(12(17)18)20-13-7/h2-4,14H,1H3,(H,15,16)(H,17,18). The van der Waals surface area contributed by atoms with E-state index in [9.17, 15) is 14.7 Å². The molecule has 0 aliphatic carbocycles. The van der Waals surface area contributed by atoms with Crippen LogP contribution in [0.15, 0.2) is 22.7 Å². The molecule has 20 heavy (non-hydrogen) atoms. The lowest BCUT2D eigenvalue weighted by molar-refractivity contribution is 0.0649. The first-order valence-corrected chi connectivity index (χ1v) is 5.28. The number of aromatic nitrogens is 1. The van der Waals surface area contributed by atoms with Crippen LogP contribution in [0.2, 0.25) is 0 Å². The van der Waals surface area contributed by atoms with Gasteiger partial charge in [-0.15, -0.1) is 0 Å². The lowest BCUT2D eigenvalue weighted by Gasteiger charge is -2.08. The van der Waals surface area contributed by atoms with Crippen LogP contribution in [-0.4, -0.2) is 39.5 Å². The molecule has 0 spiro atoms. The van der Waals surface area contributed by atoms with E-state index in [0.29, 0.717) is 0 Å². The third-order valence-corrected chi connectivity index (χ3v) is 2.54. The van der Waals surface area contributed by atoms with Crippen LogP contribution in [0.5, 0.6) is 11.5 Å². The van der Waals surface area contributed by atoms with Crippen molar-refractivity contribution in [3.63, 3.8) is 0 Å². The van der Waals surface area contributed by atoms with Crippen molar-refractivity contribution >= 4 is 11.9 Å². The van der Waals surface area contributed by atoms with Gasteiger partial charge in [-0.2, -0.15) is 0 Å². The van der Waals surface area contributed by atoms with Gasteiger partial charge in [0, 0.05) is 11.6 Å². The second-order valence-corrected chi connectivity index (χ2v) is 3.76. The van der Waals surface area contributed by atoms with Crippen LogP contribution in [0.3, 0.4) is 0 Å². The molecule has 3 N–H and O–H groups in total. The maximum atomic E-state index is 11.0. The molecule has 8 heteroatoms. The monoisotopic (exact) mass is 279 g/mol. The van der Waals surface area contributed by atoms with Gasteiger partial charge in [0.15, 0.2) is 11.5 Å². The van der Waals surface area contributed by atoms with Crippen LogP contribution in [0.1, 0.15) is 20.9 Å². The van der Waals surface area contributed by atoms with Gasteiger partial charge in [-0.25, -0.2) is 9.59 Å². The summed E-state index contributed by atoms with van der Waals surface area (Å²) >= 11 is 0. The van der Waals surface area contributed by atoms with E-state index in [-0.39, 0.29) is 28.3 Å². The van der Waals surface area contributed by atoms with Crippen molar-refractivity contribution in [2.45, 2.75) is 0 Å². The molecule has 0 saturated heterocycles. The van der Waals surface area contributed by atoms with Gasteiger partial charge in [-0.3, -0.25) is 0 Å². The minimum Gasteiger partial charge on any atom is -0.504 e. The van der Waals surface area contributed by atoms with Crippen LogP contribution in [0, 0.1) is 0 Å². The van der Waals surface area contributed by atoms with E-state index in [4.69, 9.17) is 14.9 Å². The molecule has 0 unspecified atom stereocenters. The van der Waals surface area contributed by atoms with Crippen LogP contribution in [0.4, 0.5) is 0 Å². The van der Waals surface area contributed by atoms with Gasteiger partial charge in [0.2, 0.25) is 5.76 Å². The number of carbonyl (C=O) groups is 2. The van der Waals surface area contributed by atoms with Crippen molar-refractivity contribution in [1.82, 2.24) is 5.16 Å². The Labute approximate surface area is 111 Å². The maximum Gasteiger partial charge on any atom is 0.374 e. The number of aromatic hydroxyl groups is 1. The van der Waals surface area contributed by atoms with Crippen molar-refractivity contribution < 1.29 is 34.2 Å². The number of nitrogens with zero attached hydrogens (tertiary/aromatic N) is 1. The quantitative estimate of drug-likeness (QED) is 0.766. The number of carboxylic acid groups (broad SMARTS) is 2. The molecule has 0 aliphatic rings. The van der Waals surface area contributed by atoms with Gasteiger partial charge in [0.25, 0.3) is 0 Å². The second kappa shape index (κ2) is 4.92.